The molecule has 0 aliphatic heterocycles. The van der Waals surface area contributed by atoms with Crippen LogP contribution in [-0.2, 0) is 14.3 Å². The average molecular weight is 406 g/mol. The van der Waals surface area contributed by atoms with Gasteiger partial charge in [0.05, 0.1) is 0 Å². The maximum absolute atomic E-state index is 12.5. The molecular weight excluding hydrogens is 388 g/mol. The first kappa shape index (κ1) is 19.0. The first-order valence-corrected chi connectivity index (χ1v) is 10.1. The molecule has 3 aromatic carbocycles. The Bertz CT molecular complexity index is 1150. The number of amides is 1. The molecule has 0 saturated heterocycles. The van der Waals surface area contributed by atoms with Crippen LogP contribution < -0.4 is 5.32 Å². The van der Waals surface area contributed by atoms with Gasteiger partial charge in [0.1, 0.15) is 11.3 Å². The number of fused-ring (bicyclic) bond motifs is 2. The topological polar surface area (TPSA) is 81.4 Å². The van der Waals surface area contributed by atoms with Gasteiger partial charge in [-0.25, -0.2) is 4.98 Å². The molecule has 0 radical (unpaired) electrons. The van der Waals surface area contributed by atoms with Gasteiger partial charge in [0.25, 0.3) is 11.1 Å². The number of para-hydroxylation sites is 2. The van der Waals surface area contributed by atoms with E-state index in [-0.39, 0.29) is 11.7 Å². The molecule has 0 unspecified atom stereocenters. The standard InChI is InChI=1S/C22H18N2O4S/c1-14(21(26)23-17-11-6-8-15-7-2-3-9-16(15)17)27-20(25)13-29-22-24-18-10-4-5-12-19(18)28-22/h2-12,14H,13H2,1H3,(H,23,26)/t14-/m0/s1. The van der Waals surface area contributed by atoms with Gasteiger partial charge in [0.2, 0.25) is 0 Å². The Kier molecular flexibility index (Phi) is 5.48. The number of nitrogens with zero attached hydrogens (tertiary/aromatic N) is 1. The second-order valence-corrected chi connectivity index (χ2v) is 7.31. The molecule has 1 N–H and O–H groups in total. The molecule has 1 heterocycles. The number of ether oxygens (including phenoxy) is 1. The minimum Gasteiger partial charge on any atom is -0.452 e. The highest BCUT2D eigenvalue weighted by molar-refractivity contribution is 7.99. The van der Waals surface area contributed by atoms with Gasteiger partial charge in [-0.05, 0) is 30.5 Å². The fraction of sp³-hybridized carbons (Fsp3) is 0.136. The van der Waals surface area contributed by atoms with Crippen LogP contribution in [0.1, 0.15) is 6.92 Å². The number of oxazole rings is 1. The molecule has 4 rings (SSSR count). The number of thioether (sulfide) groups is 1. The molecular formula is C22H18N2O4S. The number of esters is 1. The third-order valence-corrected chi connectivity index (χ3v) is 5.11. The lowest BCUT2D eigenvalue weighted by Gasteiger charge is -2.14. The van der Waals surface area contributed by atoms with Gasteiger partial charge in [-0.15, -0.1) is 0 Å². The Morgan fingerprint density at radius 1 is 1.07 bits per heavy atom. The molecule has 1 aromatic heterocycles. The number of hydrogen-bond acceptors (Lipinski definition) is 6. The number of rotatable bonds is 6. The predicted molar refractivity (Wildman–Crippen MR) is 113 cm³/mol. The Morgan fingerprint density at radius 3 is 2.69 bits per heavy atom. The van der Waals surface area contributed by atoms with E-state index >= 15 is 0 Å². The summed E-state index contributed by atoms with van der Waals surface area (Å²) in [4.78, 5) is 28.9. The van der Waals surface area contributed by atoms with Crippen molar-refractivity contribution in [2.75, 3.05) is 11.1 Å². The molecule has 1 amide bonds. The first-order chi connectivity index (χ1) is 14.1. The maximum atomic E-state index is 12.5. The number of nitrogens with one attached hydrogen (secondary N) is 1. The second-order valence-electron chi connectivity index (χ2n) is 6.38. The number of benzene rings is 3. The fourth-order valence-corrected chi connectivity index (χ4v) is 3.51. The van der Waals surface area contributed by atoms with E-state index in [0.29, 0.717) is 16.5 Å². The van der Waals surface area contributed by atoms with Crippen molar-refractivity contribution >= 4 is 51.2 Å². The van der Waals surface area contributed by atoms with Crippen LogP contribution in [0.15, 0.2) is 76.4 Å². The van der Waals surface area contributed by atoms with Gasteiger partial charge in [0, 0.05) is 11.1 Å². The van der Waals surface area contributed by atoms with Crippen LogP contribution in [0.5, 0.6) is 0 Å². The molecule has 4 aromatic rings. The molecule has 0 fully saturated rings. The Morgan fingerprint density at radius 2 is 1.83 bits per heavy atom. The summed E-state index contributed by atoms with van der Waals surface area (Å²) in [5, 5.41) is 5.16. The fourth-order valence-electron chi connectivity index (χ4n) is 2.89. The Balaban J connectivity index is 1.33. The van der Waals surface area contributed by atoms with Crippen LogP contribution in [0.25, 0.3) is 21.9 Å². The summed E-state index contributed by atoms with van der Waals surface area (Å²) < 4.78 is 10.8. The van der Waals surface area contributed by atoms with Gasteiger partial charge in [0.15, 0.2) is 11.7 Å². The third kappa shape index (κ3) is 4.41. The number of carbonyl (C=O) groups is 2. The molecule has 146 valence electrons. The number of hydrogen-bond donors (Lipinski definition) is 1. The van der Waals surface area contributed by atoms with E-state index in [4.69, 9.17) is 9.15 Å². The van der Waals surface area contributed by atoms with Crippen molar-refractivity contribution < 1.29 is 18.7 Å². The van der Waals surface area contributed by atoms with E-state index in [1.807, 2.05) is 66.7 Å². The van der Waals surface area contributed by atoms with Gasteiger partial charge in [-0.2, -0.15) is 0 Å². The normalized spacial score (nSPS) is 12.0. The zero-order valence-corrected chi connectivity index (χ0v) is 16.4. The molecule has 0 aliphatic carbocycles. The number of anilines is 1. The van der Waals surface area contributed by atoms with Crippen molar-refractivity contribution in [1.82, 2.24) is 4.98 Å². The van der Waals surface area contributed by atoms with Gasteiger partial charge in [-0.1, -0.05) is 60.3 Å². The molecule has 0 spiro atoms. The van der Waals surface area contributed by atoms with Crippen LogP contribution in [0.4, 0.5) is 5.69 Å². The van der Waals surface area contributed by atoms with Crippen LogP contribution in [0, 0.1) is 0 Å². The van der Waals surface area contributed by atoms with E-state index in [0.717, 1.165) is 28.1 Å². The number of aromatic nitrogens is 1. The van der Waals surface area contributed by atoms with Crippen LogP contribution in [-0.4, -0.2) is 28.7 Å². The summed E-state index contributed by atoms with van der Waals surface area (Å²) in [6, 6.07) is 20.8. The van der Waals surface area contributed by atoms with Gasteiger partial charge >= 0.3 is 5.97 Å². The summed E-state index contributed by atoms with van der Waals surface area (Å²) in [5.74, 6) is -0.905. The smallest absolute Gasteiger partial charge is 0.317 e. The Labute approximate surface area is 171 Å². The van der Waals surface area contributed by atoms with Crippen molar-refractivity contribution in [3.8, 4) is 0 Å². The SMILES string of the molecule is C[C@H](OC(=O)CSc1nc2ccccc2o1)C(=O)Nc1cccc2ccccc12. The highest BCUT2D eigenvalue weighted by Crippen LogP contribution is 2.24. The summed E-state index contributed by atoms with van der Waals surface area (Å²) in [6.45, 7) is 1.54. The summed E-state index contributed by atoms with van der Waals surface area (Å²) in [7, 11) is 0. The van der Waals surface area contributed by atoms with Crippen molar-refractivity contribution in [2.45, 2.75) is 18.3 Å². The van der Waals surface area contributed by atoms with E-state index in [9.17, 15) is 9.59 Å². The lowest BCUT2D eigenvalue weighted by Crippen LogP contribution is -2.30. The Hall–Kier alpha value is -3.32. The van der Waals surface area contributed by atoms with Gasteiger partial charge in [-0.3, -0.25) is 9.59 Å². The minimum atomic E-state index is -0.925. The minimum absolute atomic E-state index is 0.00128. The van der Waals surface area contributed by atoms with Crippen molar-refractivity contribution in [3.63, 3.8) is 0 Å². The second kappa shape index (κ2) is 8.36. The molecule has 0 bridgehead atoms. The van der Waals surface area contributed by atoms with Crippen LogP contribution in [0.2, 0.25) is 0 Å². The van der Waals surface area contributed by atoms with Crippen LogP contribution >= 0.6 is 11.8 Å². The highest BCUT2D eigenvalue weighted by atomic mass is 32.2. The van der Waals surface area contributed by atoms with E-state index in [2.05, 4.69) is 10.3 Å². The third-order valence-electron chi connectivity index (χ3n) is 4.31. The summed E-state index contributed by atoms with van der Waals surface area (Å²) in [6.07, 6.45) is -0.925. The quantitative estimate of drug-likeness (QED) is 0.371. The largest absolute Gasteiger partial charge is 0.452 e. The van der Waals surface area contributed by atoms with E-state index < -0.39 is 12.1 Å². The zero-order valence-electron chi connectivity index (χ0n) is 15.6. The highest BCUT2D eigenvalue weighted by Gasteiger charge is 2.19. The lowest BCUT2D eigenvalue weighted by molar-refractivity contribution is -0.150. The molecule has 7 heteroatoms. The molecule has 6 nitrogen and oxygen atoms in total. The predicted octanol–water partition coefficient (Wildman–Crippen LogP) is 4.64. The van der Waals surface area contributed by atoms with Crippen molar-refractivity contribution in [2.24, 2.45) is 0 Å². The molecule has 0 saturated carbocycles. The zero-order chi connectivity index (χ0) is 20.2. The average Bonchev–Trinajstić information content (AvgIpc) is 3.15. The first-order valence-electron chi connectivity index (χ1n) is 9.06. The maximum Gasteiger partial charge on any atom is 0.317 e. The van der Waals surface area contributed by atoms with E-state index in [1.165, 1.54) is 0 Å². The monoisotopic (exact) mass is 406 g/mol. The summed E-state index contributed by atoms with van der Waals surface area (Å²) in [5.41, 5.74) is 2.06. The van der Waals surface area contributed by atoms with Gasteiger partial charge < -0.3 is 14.5 Å². The summed E-state index contributed by atoms with van der Waals surface area (Å²) >= 11 is 1.13. The molecule has 1 atom stereocenters. The van der Waals surface area contributed by atoms with Crippen molar-refractivity contribution in [1.29, 1.82) is 0 Å². The van der Waals surface area contributed by atoms with E-state index in [1.54, 1.807) is 6.92 Å². The molecule has 29 heavy (non-hydrogen) atoms. The molecule has 0 aliphatic rings. The van der Waals surface area contributed by atoms with Crippen molar-refractivity contribution in [3.05, 3.63) is 66.7 Å². The van der Waals surface area contributed by atoms with Crippen LogP contribution in [0.3, 0.4) is 0 Å². The lowest BCUT2D eigenvalue weighted by atomic mass is 10.1. The number of carbonyl (C=O) groups excluding carboxylic acids is 2.